The van der Waals surface area contributed by atoms with Crippen LogP contribution in [0, 0.1) is 11.8 Å². The first kappa shape index (κ1) is 48.9. The van der Waals surface area contributed by atoms with Crippen LogP contribution in [0.1, 0.15) is 62.5 Å². The van der Waals surface area contributed by atoms with Crippen LogP contribution in [0.3, 0.4) is 0 Å². The summed E-state index contributed by atoms with van der Waals surface area (Å²) in [6, 6.07) is 23.2. The number of pyridine rings is 2. The van der Waals surface area contributed by atoms with Gasteiger partial charge in [0.05, 0.1) is 37.4 Å². The summed E-state index contributed by atoms with van der Waals surface area (Å²) >= 11 is 2.84. The largest absolute Gasteiger partial charge is 0.494 e. The fourth-order valence-electron chi connectivity index (χ4n) is 7.81. The average molecular weight is 919 g/mol. The highest BCUT2D eigenvalue weighted by Gasteiger charge is 2.17. The van der Waals surface area contributed by atoms with Crippen molar-refractivity contribution in [2.75, 3.05) is 64.2 Å². The lowest BCUT2D eigenvalue weighted by atomic mass is 9.93. The fraction of sp³-hybridized carbons (Fsp3) is 0.400. The second kappa shape index (κ2) is 27.0. The number of aliphatic hydroxyl groups excluding tert-OH is 1. The molecular formula is C50H62N8O5S2. The summed E-state index contributed by atoms with van der Waals surface area (Å²) in [5.74, 6) is 3.14. The standard InChI is InChI=1S/C25H30N4O2S.C24H28N4O2S.CH4O/c1-29-13-9-19(10-14-29)5-3-15-31-22-6-2-4-20(16-22)17-24(30)28-25-27-23(18-32-25)21-7-11-26-12-8-21;29-23(28-24-27-22(17-31-24)20-8-12-26-13-9-20)16-19-3-1-5-21(15-19)30-14-2-4-18-6-10-25-11-7-18;1-2/h2,4,6-8,11-12,16,18-19H,3,5,9-10,13-15,17H2,1H3,(H,27,28,30);1,3,5,8-9,12-13,15,17-18,25H,2,4,6-7,10-11,14,16H2,(H,27,28,29);2H,1H3. The second-order valence-corrected chi connectivity index (χ2v) is 17.9. The molecule has 2 fully saturated rings. The first-order valence-corrected chi connectivity index (χ1v) is 24.3. The third-order valence-corrected chi connectivity index (χ3v) is 12.8. The minimum atomic E-state index is -0.0845. The molecule has 6 aromatic rings. The maximum atomic E-state index is 12.5. The molecule has 13 nitrogen and oxygen atoms in total. The lowest BCUT2D eigenvalue weighted by Gasteiger charge is -2.28. The number of hydrogen-bond acceptors (Lipinski definition) is 13. The second-order valence-electron chi connectivity index (χ2n) is 16.2. The van der Waals surface area contributed by atoms with Gasteiger partial charge < -0.3 is 35.4 Å². The molecular weight excluding hydrogens is 857 g/mol. The first-order chi connectivity index (χ1) is 31.9. The summed E-state index contributed by atoms with van der Waals surface area (Å²) in [4.78, 5) is 44.4. The molecule has 15 heteroatoms. The number of anilines is 2. The molecule has 6 heterocycles. The molecule has 4 N–H and O–H groups in total. The summed E-state index contributed by atoms with van der Waals surface area (Å²) in [6.45, 7) is 6.14. The lowest BCUT2D eigenvalue weighted by molar-refractivity contribution is -0.116. The molecule has 0 unspecified atom stereocenters. The van der Waals surface area contributed by atoms with E-state index in [1.54, 1.807) is 24.8 Å². The van der Waals surface area contributed by atoms with Gasteiger partial charge in [-0.3, -0.25) is 19.6 Å². The molecule has 2 aliphatic rings. The van der Waals surface area contributed by atoms with Crippen molar-refractivity contribution in [3.63, 3.8) is 0 Å². The number of benzene rings is 2. The summed E-state index contributed by atoms with van der Waals surface area (Å²) < 4.78 is 11.9. The Morgan fingerprint density at radius 1 is 0.677 bits per heavy atom. The van der Waals surface area contributed by atoms with Gasteiger partial charge in [-0.25, -0.2) is 9.97 Å². The van der Waals surface area contributed by atoms with E-state index in [1.807, 2.05) is 83.6 Å². The highest BCUT2D eigenvalue weighted by atomic mass is 32.1. The van der Waals surface area contributed by atoms with Gasteiger partial charge in [-0.1, -0.05) is 24.3 Å². The Balaban J connectivity index is 0.000000208. The molecule has 0 atom stereocenters. The molecule has 2 saturated heterocycles. The SMILES string of the molecule is CN1CCC(CCCOc2cccc(CC(=O)Nc3nc(-c4ccncc4)cs3)c2)CC1.CO.O=C(Cc1cccc(OCCCC2CCNCC2)c1)Nc1nc(-c2ccncc2)cs1. The molecule has 4 aromatic heterocycles. The van der Waals surface area contributed by atoms with E-state index in [0.29, 0.717) is 10.3 Å². The number of thiazole rings is 2. The smallest absolute Gasteiger partial charge is 0.230 e. The van der Waals surface area contributed by atoms with Gasteiger partial charge in [-0.05, 0) is 156 Å². The number of aromatic nitrogens is 4. The highest BCUT2D eigenvalue weighted by Crippen LogP contribution is 2.27. The normalized spacial score (nSPS) is 14.3. The van der Waals surface area contributed by atoms with Gasteiger partial charge in [0.1, 0.15) is 11.5 Å². The number of nitrogens with zero attached hydrogens (tertiary/aromatic N) is 5. The van der Waals surface area contributed by atoms with Gasteiger partial charge in [0, 0.05) is 53.8 Å². The van der Waals surface area contributed by atoms with E-state index in [4.69, 9.17) is 14.6 Å². The Morgan fingerprint density at radius 2 is 1.12 bits per heavy atom. The fourth-order valence-corrected chi connectivity index (χ4v) is 9.28. The number of hydrogen-bond donors (Lipinski definition) is 4. The molecule has 8 rings (SSSR count). The molecule has 2 aromatic carbocycles. The van der Waals surface area contributed by atoms with Crippen LogP contribution in [-0.2, 0) is 22.4 Å². The number of aliphatic hydroxyl groups is 1. The minimum absolute atomic E-state index is 0.0833. The van der Waals surface area contributed by atoms with E-state index < -0.39 is 0 Å². The zero-order chi connectivity index (χ0) is 45.5. The van der Waals surface area contributed by atoms with E-state index in [-0.39, 0.29) is 24.7 Å². The minimum Gasteiger partial charge on any atom is -0.494 e. The molecule has 0 aliphatic carbocycles. The predicted octanol–water partition coefficient (Wildman–Crippen LogP) is 9.04. The van der Waals surface area contributed by atoms with Crippen molar-refractivity contribution in [1.29, 1.82) is 0 Å². The van der Waals surface area contributed by atoms with Crippen molar-refractivity contribution in [3.8, 4) is 34.0 Å². The Hall–Kier alpha value is -5.58. The Morgan fingerprint density at radius 3 is 1.58 bits per heavy atom. The monoisotopic (exact) mass is 918 g/mol. The molecule has 0 saturated carbocycles. The summed E-state index contributed by atoms with van der Waals surface area (Å²) in [5, 5.41) is 21.3. The zero-order valence-electron chi connectivity index (χ0n) is 37.5. The third-order valence-electron chi connectivity index (χ3n) is 11.3. The number of carbonyl (C=O) groups is 2. The first-order valence-electron chi connectivity index (χ1n) is 22.5. The van der Waals surface area contributed by atoms with E-state index in [2.05, 4.69) is 47.8 Å². The number of nitrogens with one attached hydrogen (secondary N) is 3. The van der Waals surface area contributed by atoms with Crippen LogP contribution in [0.5, 0.6) is 11.5 Å². The van der Waals surface area contributed by atoms with Gasteiger partial charge in [0.2, 0.25) is 11.8 Å². The molecule has 0 radical (unpaired) electrons. The van der Waals surface area contributed by atoms with Crippen LogP contribution in [0.25, 0.3) is 22.5 Å². The molecule has 2 aliphatic heterocycles. The summed E-state index contributed by atoms with van der Waals surface area (Å²) in [7, 11) is 3.20. The Labute approximate surface area is 391 Å². The third kappa shape index (κ3) is 17.1. The van der Waals surface area contributed by atoms with Crippen LogP contribution in [0.4, 0.5) is 10.3 Å². The lowest BCUT2D eigenvalue weighted by Crippen LogP contribution is -2.30. The van der Waals surface area contributed by atoms with Crippen molar-refractivity contribution >= 4 is 44.8 Å². The molecule has 0 bridgehead atoms. The summed E-state index contributed by atoms with van der Waals surface area (Å²) in [5.41, 5.74) is 5.50. The van der Waals surface area contributed by atoms with Crippen molar-refractivity contribution < 1.29 is 24.2 Å². The van der Waals surface area contributed by atoms with Gasteiger partial charge >= 0.3 is 0 Å². The van der Waals surface area contributed by atoms with E-state index in [0.717, 1.165) is 103 Å². The topological polar surface area (TPSA) is 164 Å². The Bertz CT molecular complexity index is 2300. The zero-order valence-corrected chi connectivity index (χ0v) is 39.1. The quantitative estimate of drug-likeness (QED) is 0.0609. The predicted molar refractivity (Wildman–Crippen MR) is 262 cm³/mol. The van der Waals surface area contributed by atoms with Crippen LogP contribution in [0.15, 0.2) is 108 Å². The number of carbonyl (C=O) groups excluding carboxylic acids is 2. The van der Waals surface area contributed by atoms with Crippen molar-refractivity contribution in [1.82, 2.24) is 30.2 Å². The number of piperidine rings is 2. The van der Waals surface area contributed by atoms with Gasteiger partial charge in [-0.15, -0.1) is 22.7 Å². The molecule has 0 spiro atoms. The van der Waals surface area contributed by atoms with Gasteiger partial charge in [0.25, 0.3) is 0 Å². The van der Waals surface area contributed by atoms with E-state index in [1.165, 1.54) is 74.3 Å². The number of likely N-dealkylation sites (tertiary alicyclic amines) is 1. The number of rotatable bonds is 18. The average Bonchev–Trinajstić information content (AvgIpc) is 4.02. The number of ether oxygens (including phenoxy) is 2. The van der Waals surface area contributed by atoms with Gasteiger partial charge in [0.15, 0.2) is 10.3 Å². The van der Waals surface area contributed by atoms with E-state index in [9.17, 15) is 9.59 Å². The highest BCUT2D eigenvalue weighted by molar-refractivity contribution is 7.14. The maximum absolute atomic E-state index is 12.5. The van der Waals surface area contributed by atoms with Crippen LogP contribution in [-0.4, -0.2) is 95.3 Å². The molecule has 2 amide bonds. The van der Waals surface area contributed by atoms with Crippen molar-refractivity contribution in [3.05, 3.63) is 119 Å². The number of amides is 2. The van der Waals surface area contributed by atoms with Crippen LogP contribution in [0.2, 0.25) is 0 Å². The van der Waals surface area contributed by atoms with E-state index >= 15 is 0 Å². The van der Waals surface area contributed by atoms with Crippen molar-refractivity contribution in [2.24, 2.45) is 11.8 Å². The van der Waals surface area contributed by atoms with Crippen molar-refractivity contribution in [2.45, 2.75) is 64.2 Å². The van der Waals surface area contributed by atoms with Crippen LogP contribution < -0.4 is 25.4 Å². The Kier molecular flexibility index (Phi) is 20.3. The molecule has 65 heavy (non-hydrogen) atoms. The summed E-state index contributed by atoms with van der Waals surface area (Å²) in [6.07, 6.45) is 17.2. The van der Waals surface area contributed by atoms with Crippen LogP contribution >= 0.6 is 22.7 Å². The molecule has 344 valence electrons. The van der Waals surface area contributed by atoms with Gasteiger partial charge in [-0.2, -0.15) is 0 Å². The maximum Gasteiger partial charge on any atom is 0.230 e.